The Morgan fingerprint density at radius 1 is 1.00 bits per heavy atom. The second kappa shape index (κ2) is 14.0. The molecule has 2 heterocycles. The Bertz CT molecular complexity index is 187. The average molecular weight is 311 g/mol. The summed E-state index contributed by atoms with van der Waals surface area (Å²) in [5.41, 5.74) is 9.25. The Morgan fingerprint density at radius 2 is 1.45 bits per heavy atom. The zero-order valence-electron chi connectivity index (χ0n) is 12.7. The number of rotatable bonds is 5. The number of halogens is 1. The standard InChI is InChI=1S/C5H11N.C4H9NO.C3H5ClO.CH6N2/c1-6-4-5-2-3-5;1-5-2-4-3-6-4;4-1-3-2-5-3;2-1-3/h5-6H,2-4H2,1H3;4-5H,2-3H2,1H3;3H,1-2H2;1-3H2. The van der Waals surface area contributed by atoms with Gasteiger partial charge in [-0.1, -0.05) is 0 Å². The van der Waals surface area contributed by atoms with Gasteiger partial charge in [-0.2, -0.15) is 0 Å². The smallest absolute Gasteiger partial charge is 0.0944 e. The molecule has 0 aromatic heterocycles. The van der Waals surface area contributed by atoms with Crippen molar-refractivity contribution in [3.05, 3.63) is 0 Å². The molecule has 7 heteroatoms. The van der Waals surface area contributed by atoms with Gasteiger partial charge in [0, 0.05) is 13.2 Å². The van der Waals surface area contributed by atoms with Crippen LogP contribution in [0.1, 0.15) is 12.8 Å². The van der Waals surface area contributed by atoms with Crippen LogP contribution in [0.2, 0.25) is 0 Å². The molecule has 2 saturated heterocycles. The van der Waals surface area contributed by atoms with E-state index < -0.39 is 0 Å². The van der Waals surface area contributed by atoms with Crippen LogP contribution in [0, 0.1) is 5.92 Å². The number of epoxide rings is 2. The molecule has 2 atom stereocenters. The summed E-state index contributed by atoms with van der Waals surface area (Å²) in [5.74, 6) is 1.70. The molecule has 0 bridgehead atoms. The molecule has 0 spiro atoms. The molecule has 122 valence electrons. The second-order valence-electron chi connectivity index (χ2n) is 4.86. The number of hydrogen-bond donors (Lipinski definition) is 4. The molecule has 3 aliphatic rings. The minimum absolute atomic E-state index is 0.250. The molecule has 6 N–H and O–H groups in total. The highest BCUT2D eigenvalue weighted by atomic mass is 35.5. The van der Waals surface area contributed by atoms with Gasteiger partial charge in [-0.05, 0) is 39.4 Å². The number of hydrogen-bond acceptors (Lipinski definition) is 6. The summed E-state index contributed by atoms with van der Waals surface area (Å²) in [6.07, 6.45) is 3.86. The lowest BCUT2D eigenvalue weighted by Gasteiger charge is -1.87. The highest BCUT2D eigenvalue weighted by Gasteiger charge is 2.20. The lowest BCUT2D eigenvalue weighted by atomic mass is 10.4. The Morgan fingerprint density at radius 3 is 1.55 bits per heavy atom. The zero-order valence-corrected chi connectivity index (χ0v) is 13.5. The number of ether oxygens (including phenoxy) is 2. The van der Waals surface area contributed by atoms with Crippen LogP contribution in [0.5, 0.6) is 0 Å². The van der Waals surface area contributed by atoms with Crippen molar-refractivity contribution in [1.29, 1.82) is 0 Å². The molecule has 0 aromatic carbocycles. The van der Waals surface area contributed by atoms with Crippen molar-refractivity contribution < 1.29 is 9.47 Å². The van der Waals surface area contributed by atoms with E-state index in [0.717, 1.165) is 25.7 Å². The molecule has 1 aliphatic carbocycles. The molecule has 2 aliphatic heterocycles. The fourth-order valence-electron chi connectivity index (χ4n) is 1.18. The minimum Gasteiger partial charge on any atom is -0.372 e. The van der Waals surface area contributed by atoms with E-state index in [4.69, 9.17) is 21.1 Å². The van der Waals surface area contributed by atoms with Gasteiger partial charge >= 0.3 is 0 Å². The molecule has 20 heavy (non-hydrogen) atoms. The molecule has 0 radical (unpaired) electrons. The van der Waals surface area contributed by atoms with Crippen LogP contribution < -0.4 is 22.1 Å². The van der Waals surface area contributed by atoms with E-state index in [2.05, 4.69) is 22.1 Å². The molecule has 6 nitrogen and oxygen atoms in total. The number of likely N-dealkylation sites (N-methyl/N-ethyl adjacent to an activating group) is 1. The quantitative estimate of drug-likeness (QED) is 0.316. The maximum absolute atomic E-state index is 5.27. The minimum atomic E-state index is 0.250. The summed E-state index contributed by atoms with van der Waals surface area (Å²) >= 11 is 5.27. The maximum atomic E-state index is 5.27. The number of nitrogens with two attached hydrogens (primary N) is 2. The third-order valence-electron chi connectivity index (χ3n) is 2.60. The fourth-order valence-corrected chi connectivity index (χ4v) is 1.36. The van der Waals surface area contributed by atoms with E-state index in [9.17, 15) is 0 Å². The zero-order chi connectivity index (χ0) is 15.2. The lowest BCUT2D eigenvalue weighted by Crippen LogP contribution is -2.12. The van der Waals surface area contributed by atoms with Gasteiger partial charge in [-0.15, -0.1) is 11.6 Å². The Kier molecular flexibility index (Phi) is 14.0. The summed E-state index contributed by atoms with van der Waals surface area (Å²) in [6, 6.07) is 0. The first-order valence-electron chi connectivity index (χ1n) is 7.20. The SMILES string of the molecule is CNCC1CC1.CNCC1CO1.ClCC1CO1.NCN. The van der Waals surface area contributed by atoms with Crippen molar-refractivity contribution in [1.82, 2.24) is 10.6 Å². The van der Waals surface area contributed by atoms with Crippen molar-refractivity contribution >= 4 is 11.6 Å². The Labute approximate surface area is 127 Å². The summed E-state index contributed by atoms with van der Waals surface area (Å²) in [7, 11) is 3.94. The average Bonchev–Trinajstić information content (AvgIpc) is 3.30. The van der Waals surface area contributed by atoms with Crippen molar-refractivity contribution in [2.75, 3.05) is 52.9 Å². The van der Waals surface area contributed by atoms with E-state index in [1.807, 2.05) is 14.1 Å². The Balaban J connectivity index is 0.000000249. The molecule has 0 aromatic rings. The number of alkyl halides is 1. The van der Waals surface area contributed by atoms with Crippen LogP contribution in [0.15, 0.2) is 0 Å². The van der Waals surface area contributed by atoms with Gasteiger partial charge in [-0.25, -0.2) is 0 Å². The monoisotopic (exact) mass is 310 g/mol. The van der Waals surface area contributed by atoms with E-state index in [-0.39, 0.29) is 6.67 Å². The van der Waals surface area contributed by atoms with Crippen LogP contribution in [-0.2, 0) is 9.47 Å². The van der Waals surface area contributed by atoms with E-state index in [1.54, 1.807) is 0 Å². The summed E-state index contributed by atoms with van der Waals surface area (Å²) in [4.78, 5) is 0. The van der Waals surface area contributed by atoms with Crippen LogP contribution in [0.3, 0.4) is 0 Å². The highest BCUT2D eigenvalue weighted by molar-refractivity contribution is 6.18. The van der Waals surface area contributed by atoms with Crippen molar-refractivity contribution in [3.8, 4) is 0 Å². The highest BCUT2D eigenvalue weighted by Crippen LogP contribution is 2.27. The van der Waals surface area contributed by atoms with Gasteiger partial charge in [0.25, 0.3) is 0 Å². The number of nitrogens with one attached hydrogen (secondary N) is 2. The van der Waals surface area contributed by atoms with Gasteiger partial charge in [0.05, 0.1) is 31.3 Å². The van der Waals surface area contributed by atoms with Crippen LogP contribution in [0.4, 0.5) is 0 Å². The molecular formula is C13H31ClN4O2. The van der Waals surface area contributed by atoms with Gasteiger partial charge in [0.15, 0.2) is 0 Å². The predicted molar refractivity (Wildman–Crippen MR) is 84.0 cm³/mol. The van der Waals surface area contributed by atoms with E-state index in [1.165, 1.54) is 19.4 Å². The van der Waals surface area contributed by atoms with Gasteiger partial charge in [0.1, 0.15) is 0 Å². The molecule has 1 saturated carbocycles. The summed E-state index contributed by atoms with van der Waals surface area (Å²) in [6.45, 7) is 4.34. The first-order valence-corrected chi connectivity index (χ1v) is 7.73. The van der Waals surface area contributed by atoms with E-state index in [0.29, 0.717) is 18.1 Å². The first-order chi connectivity index (χ1) is 9.71. The predicted octanol–water partition coefficient (Wildman–Crippen LogP) is -0.294. The summed E-state index contributed by atoms with van der Waals surface area (Å²) in [5, 5.41) is 6.13. The van der Waals surface area contributed by atoms with Crippen molar-refractivity contribution in [2.24, 2.45) is 17.4 Å². The lowest BCUT2D eigenvalue weighted by molar-refractivity contribution is 0.402. The fraction of sp³-hybridized carbons (Fsp3) is 1.00. The third-order valence-corrected chi connectivity index (χ3v) is 2.94. The van der Waals surface area contributed by atoms with Crippen molar-refractivity contribution in [2.45, 2.75) is 25.0 Å². The third kappa shape index (κ3) is 18.0. The summed E-state index contributed by atoms with van der Waals surface area (Å²) < 4.78 is 9.61. The van der Waals surface area contributed by atoms with Gasteiger partial charge in [-0.3, -0.25) is 0 Å². The molecule has 0 amide bonds. The molecule has 2 unspecified atom stereocenters. The largest absolute Gasteiger partial charge is 0.372 e. The molecule has 3 rings (SSSR count). The maximum Gasteiger partial charge on any atom is 0.0944 e. The normalized spacial score (nSPS) is 25.1. The van der Waals surface area contributed by atoms with Gasteiger partial charge in [0.2, 0.25) is 0 Å². The Hall–Kier alpha value is 0.0500. The van der Waals surface area contributed by atoms with Gasteiger partial charge < -0.3 is 31.6 Å². The second-order valence-corrected chi connectivity index (χ2v) is 5.17. The van der Waals surface area contributed by atoms with Crippen LogP contribution in [0.25, 0.3) is 0 Å². The van der Waals surface area contributed by atoms with Crippen molar-refractivity contribution in [3.63, 3.8) is 0 Å². The van der Waals surface area contributed by atoms with Crippen LogP contribution >= 0.6 is 11.6 Å². The molecular weight excluding hydrogens is 280 g/mol. The molecule has 3 fully saturated rings. The van der Waals surface area contributed by atoms with E-state index >= 15 is 0 Å². The van der Waals surface area contributed by atoms with Crippen LogP contribution in [-0.4, -0.2) is 65.2 Å². The first kappa shape index (κ1) is 20.1. The topological polar surface area (TPSA) is 101 Å².